The SMILES string of the molecule is Cc1cn([C@H]2C[C@H](O)[C@@H](CO)O2)c(=O)n(CCCCCCNC(=O)CNC(=O)C(CF)NS(=O)(=O)c2c(C(C)C)cc(C(C)C)cc2C(C)C)c1=O. The van der Waals surface area contributed by atoms with E-state index in [4.69, 9.17) is 4.74 Å². The lowest BCUT2D eigenvalue weighted by Gasteiger charge is -2.24. The van der Waals surface area contributed by atoms with Crippen molar-refractivity contribution in [1.29, 1.82) is 0 Å². The summed E-state index contributed by atoms with van der Waals surface area (Å²) in [7, 11) is -4.32. The van der Waals surface area contributed by atoms with E-state index in [-0.39, 0.29) is 42.2 Å². The molecule has 1 saturated heterocycles. The van der Waals surface area contributed by atoms with Gasteiger partial charge < -0.3 is 25.6 Å². The summed E-state index contributed by atoms with van der Waals surface area (Å²) in [6.07, 6.45) is 1.37. The van der Waals surface area contributed by atoms with Crippen LogP contribution in [0.1, 0.15) is 120 Å². The molecule has 0 saturated carbocycles. The molecule has 1 aliphatic heterocycles. The van der Waals surface area contributed by atoms with Gasteiger partial charge in [-0.3, -0.25) is 23.5 Å². The van der Waals surface area contributed by atoms with Crippen molar-refractivity contribution in [2.24, 2.45) is 0 Å². The maximum absolute atomic E-state index is 14.1. The van der Waals surface area contributed by atoms with Gasteiger partial charge in [-0.25, -0.2) is 17.6 Å². The van der Waals surface area contributed by atoms with Crippen LogP contribution in [0.5, 0.6) is 0 Å². The van der Waals surface area contributed by atoms with E-state index in [1.165, 1.54) is 10.8 Å². The van der Waals surface area contributed by atoms with Crippen molar-refractivity contribution in [3.8, 4) is 0 Å². The van der Waals surface area contributed by atoms with E-state index < -0.39 is 77.4 Å². The molecule has 2 aromatic rings. The third-order valence-electron chi connectivity index (χ3n) is 9.23. The molecule has 4 atom stereocenters. The fourth-order valence-corrected chi connectivity index (χ4v) is 8.01. The highest BCUT2D eigenvalue weighted by atomic mass is 32.2. The molecule has 1 aromatic heterocycles. The highest BCUT2D eigenvalue weighted by Gasteiger charge is 2.35. The van der Waals surface area contributed by atoms with E-state index in [0.717, 1.165) is 10.1 Å². The summed E-state index contributed by atoms with van der Waals surface area (Å²) in [6.45, 7) is 11.4. The molecule has 2 amide bonds. The number of alkyl halides is 1. The number of sulfonamides is 1. The predicted molar refractivity (Wildman–Crippen MR) is 195 cm³/mol. The molecular weight excluding hydrogens is 697 g/mol. The van der Waals surface area contributed by atoms with Crippen molar-refractivity contribution in [2.75, 3.05) is 26.4 Å². The average molecular weight is 754 g/mol. The lowest BCUT2D eigenvalue weighted by Crippen LogP contribution is -2.50. The number of amides is 2. The standard InChI is InChI=1S/C36H56FN5O9S/c1-21(2)25-14-26(22(3)4)33(27(15-25)23(5)6)52(49,50)40-28(17-37)34(46)39-18-31(45)38-12-10-8-9-11-13-41-35(47)24(7)19-42(36(41)48)32-16-29(44)30(20-43)51-32/h14-15,19,21-23,28-30,32,40,43-44H,8-13,16-18,20H2,1-7H3,(H,38,45)(H,39,46)/t28?,29-,30+,32+/m0/s1. The first-order valence-corrected chi connectivity index (χ1v) is 19.5. The number of hydrogen-bond donors (Lipinski definition) is 5. The molecule has 16 heteroatoms. The number of halogens is 1. The molecule has 3 rings (SSSR count). The van der Waals surface area contributed by atoms with Crippen molar-refractivity contribution in [2.45, 2.75) is 134 Å². The molecular formula is C36H56FN5O9S. The zero-order valence-corrected chi connectivity index (χ0v) is 32.1. The van der Waals surface area contributed by atoms with E-state index in [1.807, 2.05) is 53.7 Å². The number of nitrogens with zero attached hydrogens (tertiary/aromatic N) is 2. The minimum atomic E-state index is -4.32. The molecule has 5 N–H and O–H groups in total. The molecule has 1 fully saturated rings. The van der Waals surface area contributed by atoms with Gasteiger partial charge in [0.2, 0.25) is 21.8 Å². The van der Waals surface area contributed by atoms with Crippen LogP contribution in [0.2, 0.25) is 0 Å². The van der Waals surface area contributed by atoms with Crippen molar-refractivity contribution >= 4 is 21.8 Å². The fourth-order valence-electron chi connectivity index (χ4n) is 6.14. The van der Waals surface area contributed by atoms with Gasteiger partial charge in [0.1, 0.15) is 25.0 Å². The van der Waals surface area contributed by atoms with E-state index in [2.05, 4.69) is 15.4 Å². The quantitative estimate of drug-likeness (QED) is 0.134. The summed E-state index contributed by atoms with van der Waals surface area (Å²) in [4.78, 5) is 51.0. The first kappa shape index (κ1) is 43.0. The molecule has 0 spiro atoms. The van der Waals surface area contributed by atoms with Gasteiger partial charge in [0.15, 0.2) is 0 Å². The number of benzene rings is 1. The summed E-state index contributed by atoms with van der Waals surface area (Å²) in [5.41, 5.74) is 1.51. The Morgan fingerprint density at radius 2 is 1.60 bits per heavy atom. The second kappa shape index (κ2) is 19.1. The third-order valence-corrected chi connectivity index (χ3v) is 10.8. The number of aliphatic hydroxyl groups is 2. The summed E-state index contributed by atoms with van der Waals surface area (Å²) in [6, 6.07) is 1.96. The number of carbonyl (C=O) groups is 2. The summed E-state index contributed by atoms with van der Waals surface area (Å²) >= 11 is 0. The number of hydrogen-bond acceptors (Lipinski definition) is 9. The van der Waals surface area contributed by atoms with E-state index in [0.29, 0.717) is 42.4 Å². The first-order chi connectivity index (χ1) is 24.4. The average Bonchev–Trinajstić information content (AvgIpc) is 3.47. The Morgan fingerprint density at radius 1 is 0.981 bits per heavy atom. The molecule has 2 heterocycles. The lowest BCUT2D eigenvalue weighted by molar-refractivity contribution is -0.127. The highest BCUT2D eigenvalue weighted by Crippen LogP contribution is 2.35. The zero-order chi connectivity index (χ0) is 38.9. The number of aromatic nitrogens is 2. The third kappa shape index (κ3) is 10.8. The second-order valence-corrected chi connectivity index (χ2v) is 16.0. The van der Waals surface area contributed by atoms with Gasteiger partial charge in [0.25, 0.3) is 5.56 Å². The maximum Gasteiger partial charge on any atom is 0.333 e. The molecule has 14 nitrogen and oxygen atoms in total. The van der Waals surface area contributed by atoms with Crippen molar-refractivity contribution in [3.05, 3.63) is 61.4 Å². The summed E-state index contributed by atoms with van der Waals surface area (Å²) < 4.78 is 51.6. The van der Waals surface area contributed by atoms with Crippen LogP contribution in [0.4, 0.5) is 4.39 Å². The molecule has 1 aliphatic rings. The number of carbonyl (C=O) groups excluding carboxylic acids is 2. The van der Waals surface area contributed by atoms with Crippen molar-refractivity contribution < 1.29 is 37.3 Å². The molecule has 52 heavy (non-hydrogen) atoms. The summed E-state index contributed by atoms with van der Waals surface area (Å²) in [5.74, 6) is -1.65. The number of unbranched alkanes of at least 4 members (excludes halogenated alkanes) is 3. The molecule has 0 bridgehead atoms. The Kier molecular flexibility index (Phi) is 15.7. The minimum Gasteiger partial charge on any atom is -0.394 e. The van der Waals surface area contributed by atoms with Crippen molar-refractivity contribution in [1.82, 2.24) is 24.5 Å². The van der Waals surface area contributed by atoms with Gasteiger partial charge in [-0.05, 0) is 54.2 Å². The Morgan fingerprint density at radius 3 is 2.13 bits per heavy atom. The molecule has 0 aliphatic carbocycles. The van der Waals surface area contributed by atoms with E-state index >= 15 is 0 Å². The molecule has 292 valence electrons. The van der Waals surface area contributed by atoms with Crippen LogP contribution < -0.4 is 26.6 Å². The number of aliphatic hydroxyl groups excluding tert-OH is 2. The maximum atomic E-state index is 14.1. The predicted octanol–water partition coefficient (Wildman–Crippen LogP) is 2.44. The van der Waals surface area contributed by atoms with Gasteiger partial charge in [-0.2, -0.15) is 4.72 Å². The zero-order valence-electron chi connectivity index (χ0n) is 31.3. The highest BCUT2D eigenvalue weighted by molar-refractivity contribution is 7.89. The Hall–Kier alpha value is -3.44. The van der Waals surface area contributed by atoms with E-state index in [9.17, 15) is 42.2 Å². The van der Waals surface area contributed by atoms with Crippen LogP contribution in [0, 0.1) is 6.92 Å². The molecule has 1 unspecified atom stereocenters. The number of ether oxygens (including phenoxy) is 1. The van der Waals surface area contributed by atoms with Crippen LogP contribution >= 0.6 is 0 Å². The van der Waals surface area contributed by atoms with Crippen LogP contribution in [0.25, 0.3) is 0 Å². The number of aryl methyl sites for hydroxylation is 1. The Bertz CT molecular complexity index is 1740. The van der Waals surface area contributed by atoms with Gasteiger partial charge >= 0.3 is 5.69 Å². The largest absolute Gasteiger partial charge is 0.394 e. The topological polar surface area (TPSA) is 198 Å². The van der Waals surface area contributed by atoms with Crippen LogP contribution in [0.15, 0.2) is 32.8 Å². The van der Waals surface area contributed by atoms with Gasteiger partial charge in [0, 0.05) is 31.3 Å². The van der Waals surface area contributed by atoms with E-state index in [1.54, 1.807) is 6.92 Å². The van der Waals surface area contributed by atoms with Gasteiger partial charge in [0.05, 0.1) is 24.2 Å². The van der Waals surface area contributed by atoms with Crippen LogP contribution in [0.3, 0.4) is 0 Å². The number of nitrogens with one attached hydrogen (secondary N) is 3. The van der Waals surface area contributed by atoms with Crippen LogP contribution in [-0.2, 0) is 30.9 Å². The lowest BCUT2D eigenvalue weighted by atomic mass is 9.89. The minimum absolute atomic E-state index is 0.0466. The fraction of sp³-hybridized carbons (Fsp3) is 0.667. The molecule has 0 radical (unpaired) electrons. The normalized spacial score (nSPS) is 18.4. The second-order valence-electron chi connectivity index (χ2n) is 14.4. The smallest absolute Gasteiger partial charge is 0.333 e. The Balaban J connectivity index is 1.48. The first-order valence-electron chi connectivity index (χ1n) is 18.0. The Labute approximate surface area is 305 Å². The van der Waals surface area contributed by atoms with Crippen molar-refractivity contribution in [3.63, 3.8) is 0 Å². The van der Waals surface area contributed by atoms with Gasteiger partial charge in [-0.15, -0.1) is 0 Å². The monoisotopic (exact) mass is 753 g/mol. The van der Waals surface area contributed by atoms with Gasteiger partial charge in [-0.1, -0.05) is 66.5 Å². The van der Waals surface area contributed by atoms with Crippen LogP contribution in [-0.4, -0.2) is 84.2 Å². The number of rotatable bonds is 19. The summed E-state index contributed by atoms with van der Waals surface area (Å²) in [5, 5.41) is 24.4. The molecule has 1 aromatic carbocycles.